The zero-order valence-electron chi connectivity index (χ0n) is 23.3. The molecule has 0 spiro atoms. The van der Waals surface area contributed by atoms with Crippen LogP contribution < -0.4 is 15.5 Å². The standard InChI is InChI=1S/C28H40F2N6O3/c1-17(2)35-16-32-34-24(35)23(25(38)33-19-10-12-28(29,30)13-11-19)36(26(39)22-14-21(37)15-31-22)20-8-6-18(7-9-20)27(3,4)5/h6-9,16-17,19,21-23,31,37H,10-15H2,1-5H3,(H,33,38). The molecule has 3 N–H and O–H groups in total. The molecule has 214 valence electrons. The Bertz CT molecular complexity index is 1150. The van der Waals surface area contributed by atoms with E-state index in [0.29, 0.717) is 5.69 Å². The summed E-state index contributed by atoms with van der Waals surface area (Å²) in [5, 5.41) is 24.4. The summed E-state index contributed by atoms with van der Waals surface area (Å²) in [4.78, 5) is 29.5. The molecular weight excluding hydrogens is 506 g/mol. The van der Waals surface area contributed by atoms with E-state index in [-0.39, 0.29) is 61.8 Å². The van der Waals surface area contributed by atoms with Crippen LogP contribution in [-0.4, -0.2) is 62.3 Å². The Kier molecular flexibility index (Phi) is 8.41. The summed E-state index contributed by atoms with van der Waals surface area (Å²) >= 11 is 0. The van der Waals surface area contributed by atoms with E-state index >= 15 is 0 Å². The van der Waals surface area contributed by atoms with Crippen molar-refractivity contribution in [2.75, 3.05) is 11.4 Å². The highest BCUT2D eigenvalue weighted by Crippen LogP contribution is 2.35. The topological polar surface area (TPSA) is 112 Å². The van der Waals surface area contributed by atoms with Crippen molar-refractivity contribution in [1.29, 1.82) is 0 Å². The van der Waals surface area contributed by atoms with Gasteiger partial charge in [-0.05, 0) is 56.2 Å². The molecule has 11 heteroatoms. The number of carbonyl (C=O) groups is 2. The van der Waals surface area contributed by atoms with Gasteiger partial charge in [-0.1, -0.05) is 32.9 Å². The van der Waals surface area contributed by atoms with E-state index in [9.17, 15) is 23.5 Å². The lowest BCUT2D eigenvalue weighted by atomic mass is 9.87. The van der Waals surface area contributed by atoms with Crippen LogP contribution in [0.5, 0.6) is 0 Å². The second-order valence-electron chi connectivity index (χ2n) is 12.1. The van der Waals surface area contributed by atoms with Crippen LogP contribution in [0, 0.1) is 0 Å². The summed E-state index contributed by atoms with van der Waals surface area (Å²) in [5.41, 5.74) is 1.43. The number of aliphatic hydroxyl groups is 1. The Hall–Kier alpha value is -2.92. The van der Waals surface area contributed by atoms with E-state index in [4.69, 9.17) is 0 Å². The molecule has 2 heterocycles. The SMILES string of the molecule is CC(C)n1cnnc1C(C(=O)NC1CCC(F)(F)CC1)N(C(=O)C1CC(O)CN1)c1ccc(C(C)(C)C)cc1. The number of benzene rings is 1. The first kappa shape index (κ1) is 29.1. The van der Waals surface area contributed by atoms with Crippen molar-refractivity contribution >= 4 is 17.5 Å². The number of hydrogen-bond acceptors (Lipinski definition) is 6. The molecule has 39 heavy (non-hydrogen) atoms. The number of aliphatic hydroxyl groups excluding tert-OH is 1. The van der Waals surface area contributed by atoms with E-state index in [0.717, 1.165) is 5.56 Å². The number of aromatic nitrogens is 3. The van der Waals surface area contributed by atoms with Crippen LogP contribution in [0.3, 0.4) is 0 Å². The third-order valence-corrected chi connectivity index (χ3v) is 7.63. The van der Waals surface area contributed by atoms with Gasteiger partial charge in [-0.25, -0.2) is 8.78 Å². The molecule has 2 aliphatic rings. The van der Waals surface area contributed by atoms with Gasteiger partial charge in [0.1, 0.15) is 6.33 Å². The Balaban J connectivity index is 1.77. The van der Waals surface area contributed by atoms with E-state index in [1.165, 1.54) is 11.2 Å². The minimum Gasteiger partial charge on any atom is -0.392 e. The van der Waals surface area contributed by atoms with Gasteiger partial charge >= 0.3 is 0 Å². The number of amides is 2. The molecule has 1 aromatic heterocycles. The molecule has 9 nitrogen and oxygen atoms in total. The number of nitrogens with one attached hydrogen (secondary N) is 2. The number of nitrogens with zero attached hydrogens (tertiary/aromatic N) is 4. The second kappa shape index (κ2) is 11.3. The molecule has 1 saturated carbocycles. The van der Waals surface area contributed by atoms with Crippen LogP contribution >= 0.6 is 0 Å². The van der Waals surface area contributed by atoms with Gasteiger partial charge in [0, 0.05) is 37.2 Å². The lowest BCUT2D eigenvalue weighted by Crippen LogP contribution is -2.52. The summed E-state index contributed by atoms with van der Waals surface area (Å²) in [7, 11) is 0. The lowest BCUT2D eigenvalue weighted by molar-refractivity contribution is -0.128. The third-order valence-electron chi connectivity index (χ3n) is 7.63. The average Bonchev–Trinajstić information content (AvgIpc) is 3.52. The molecule has 2 fully saturated rings. The monoisotopic (exact) mass is 546 g/mol. The molecule has 2 amide bonds. The fourth-order valence-electron chi connectivity index (χ4n) is 5.26. The van der Waals surface area contributed by atoms with Gasteiger partial charge in [-0.2, -0.15) is 0 Å². The normalized spacial score (nSPS) is 22.6. The molecule has 4 rings (SSSR count). The summed E-state index contributed by atoms with van der Waals surface area (Å²) in [5.74, 6) is -3.35. The summed E-state index contributed by atoms with van der Waals surface area (Å²) in [6.07, 6.45) is 0.735. The first-order chi connectivity index (χ1) is 18.3. The Morgan fingerprint density at radius 2 is 1.82 bits per heavy atom. The van der Waals surface area contributed by atoms with Gasteiger partial charge in [0.2, 0.25) is 11.8 Å². The Labute approximate surface area is 228 Å². The minimum absolute atomic E-state index is 0.106. The van der Waals surface area contributed by atoms with Crippen molar-refractivity contribution < 1.29 is 23.5 Å². The van der Waals surface area contributed by atoms with Gasteiger partial charge in [-0.3, -0.25) is 14.5 Å². The number of halogens is 2. The van der Waals surface area contributed by atoms with E-state index in [2.05, 4.69) is 41.6 Å². The van der Waals surface area contributed by atoms with Gasteiger partial charge in [0.25, 0.3) is 5.91 Å². The number of rotatable bonds is 7. The molecule has 3 atom stereocenters. The lowest BCUT2D eigenvalue weighted by Gasteiger charge is -2.35. The average molecular weight is 547 g/mol. The highest BCUT2D eigenvalue weighted by Gasteiger charge is 2.43. The maximum absolute atomic E-state index is 14.1. The third kappa shape index (κ3) is 6.63. The fourth-order valence-corrected chi connectivity index (χ4v) is 5.26. The summed E-state index contributed by atoms with van der Waals surface area (Å²) < 4.78 is 29.3. The van der Waals surface area contributed by atoms with Crippen LogP contribution in [0.2, 0.25) is 0 Å². The van der Waals surface area contributed by atoms with Crippen LogP contribution in [0.15, 0.2) is 30.6 Å². The minimum atomic E-state index is -2.73. The molecule has 1 aliphatic heterocycles. The number of carbonyl (C=O) groups excluding carboxylic acids is 2. The second-order valence-corrected chi connectivity index (χ2v) is 12.1. The van der Waals surface area contributed by atoms with Crippen molar-refractivity contribution in [2.45, 2.75) is 108 Å². The van der Waals surface area contributed by atoms with Crippen molar-refractivity contribution in [3.63, 3.8) is 0 Å². The molecule has 1 saturated heterocycles. The highest BCUT2D eigenvalue weighted by molar-refractivity contribution is 6.03. The zero-order valence-corrected chi connectivity index (χ0v) is 23.3. The molecule has 0 bridgehead atoms. The van der Waals surface area contributed by atoms with Gasteiger partial charge < -0.3 is 20.3 Å². The van der Waals surface area contributed by atoms with Gasteiger partial charge in [0.05, 0.1) is 12.1 Å². The highest BCUT2D eigenvalue weighted by atomic mass is 19.3. The predicted molar refractivity (Wildman–Crippen MR) is 144 cm³/mol. The fraction of sp³-hybridized carbons (Fsp3) is 0.643. The van der Waals surface area contributed by atoms with Crippen molar-refractivity contribution in [1.82, 2.24) is 25.4 Å². The maximum atomic E-state index is 14.1. The number of β-amino-alcohol motifs (C(OH)–C–C–N with tert-alkyl or cyclic N) is 1. The van der Waals surface area contributed by atoms with Crippen LogP contribution in [0.25, 0.3) is 0 Å². The Morgan fingerprint density at radius 3 is 2.36 bits per heavy atom. The van der Waals surface area contributed by atoms with E-state index in [1.807, 2.05) is 26.0 Å². The van der Waals surface area contributed by atoms with Gasteiger partial charge in [0.15, 0.2) is 11.9 Å². The van der Waals surface area contributed by atoms with Gasteiger partial charge in [-0.15, -0.1) is 10.2 Å². The molecule has 1 aliphatic carbocycles. The van der Waals surface area contributed by atoms with E-state index in [1.54, 1.807) is 16.7 Å². The quantitative estimate of drug-likeness (QED) is 0.489. The smallest absolute Gasteiger partial charge is 0.251 e. The summed E-state index contributed by atoms with van der Waals surface area (Å²) in [6.45, 7) is 10.4. The van der Waals surface area contributed by atoms with Crippen LogP contribution in [0.4, 0.5) is 14.5 Å². The van der Waals surface area contributed by atoms with E-state index < -0.39 is 36.1 Å². The van der Waals surface area contributed by atoms with Crippen molar-refractivity contribution in [2.24, 2.45) is 0 Å². The first-order valence-corrected chi connectivity index (χ1v) is 13.7. The van der Waals surface area contributed by atoms with Crippen LogP contribution in [0.1, 0.15) is 90.2 Å². The zero-order chi connectivity index (χ0) is 28.5. The maximum Gasteiger partial charge on any atom is 0.251 e. The largest absolute Gasteiger partial charge is 0.392 e. The summed E-state index contributed by atoms with van der Waals surface area (Å²) in [6, 6.07) is 5.01. The van der Waals surface area contributed by atoms with Crippen molar-refractivity contribution in [3.8, 4) is 0 Å². The van der Waals surface area contributed by atoms with Crippen molar-refractivity contribution in [3.05, 3.63) is 42.0 Å². The number of anilines is 1. The number of hydrogen-bond donors (Lipinski definition) is 3. The predicted octanol–water partition coefficient (Wildman–Crippen LogP) is 3.65. The van der Waals surface area contributed by atoms with Crippen LogP contribution in [-0.2, 0) is 15.0 Å². The molecule has 2 aromatic rings. The molecule has 0 radical (unpaired) electrons. The molecule has 1 aromatic carbocycles. The Morgan fingerprint density at radius 1 is 1.18 bits per heavy atom. The number of alkyl halides is 2. The molecule has 3 unspecified atom stereocenters. The first-order valence-electron chi connectivity index (χ1n) is 13.7. The molecular formula is C28H40F2N6O3.